The molecule has 0 saturated carbocycles. The fourth-order valence-corrected chi connectivity index (χ4v) is 2.22. The summed E-state index contributed by atoms with van der Waals surface area (Å²) >= 11 is 10.8. The number of anilines is 2. The molecule has 2 aromatic rings. The van der Waals surface area contributed by atoms with Crippen molar-refractivity contribution >= 4 is 46.0 Å². The van der Waals surface area contributed by atoms with Crippen LogP contribution in [0, 0.1) is 22.9 Å². The van der Waals surface area contributed by atoms with Gasteiger partial charge in [0.25, 0.3) is 5.69 Å². The maximum atomic E-state index is 13.1. The predicted molar refractivity (Wildman–Crippen MR) is 89.1 cm³/mol. The maximum absolute atomic E-state index is 13.1. The highest BCUT2D eigenvalue weighted by atomic mass is 35.5. The summed E-state index contributed by atoms with van der Waals surface area (Å²) < 4.78 is 13.1. The molecular weight excluding hydrogens is 329 g/mol. The van der Waals surface area contributed by atoms with Gasteiger partial charge >= 0.3 is 0 Å². The molecule has 0 aliphatic heterocycles. The molecule has 0 aromatic heterocycles. The van der Waals surface area contributed by atoms with E-state index in [-0.39, 0.29) is 15.8 Å². The Labute approximate surface area is 136 Å². The van der Waals surface area contributed by atoms with E-state index < -0.39 is 10.7 Å². The number of hydrogen-bond donors (Lipinski definition) is 2. The van der Waals surface area contributed by atoms with Crippen LogP contribution in [0.1, 0.15) is 5.56 Å². The normalized spacial score (nSPS) is 10.1. The highest BCUT2D eigenvalue weighted by Crippen LogP contribution is 2.25. The molecule has 8 heteroatoms. The molecule has 0 bridgehead atoms. The van der Waals surface area contributed by atoms with Crippen molar-refractivity contribution in [2.75, 3.05) is 10.6 Å². The van der Waals surface area contributed by atoms with Crippen LogP contribution < -0.4 is 10.6 Å². The van der Waals surface area contributed by atoms with E-state index in [1.807, 2.05) is 0 Å². The zero-order valence-electron chi connectivity index (χ0n) is 11.4. The number of rotatable bonds is 3. The fourth-order valence-electron chi connectivity index (χ4n) is 1.82. The summed E-state index contributed by atoms with van der Waals surface area (Å²) in [5.74, 6) is -0.527. The molecule has 2 aromatic carbocycles. The van der Waals surface area contributed by atoms with Gasteiger partial charge in [-0.05, 0) is 43.4 Å². The lowest BCUT2D eigenvalue weighted by Gasteiger charge is -2.12. The van der Waals surface area contributed by atoms with Gasteiger partial charge in [-0.15, -0.1) is 0 Å². The molecule has 0 spiro atoms. The number of nitrogens with one attached hydrogen (secondary N) is 2. The van der Waals surface area contributed by atoms with Gasteiger partial charge in [-0.25, -0.2) is 4.39 Å². The van der Waals surface area contributed by atoms with Crippen LogP contribution in [-0.4, -0.2) is 10.0 Å². The van der Waals surface area contributed by atoms with Crippen LogP contribution in [0.25, 0.3) is 0 Å². The van der Waals surface area contributed by atoms with Gasteiger partial charge in [0.15, 0.2) is 5.11 Å². The SMILES string of the molecule is Cc1c(NC(=S)Nc2ccc(F)c(Cl)c2)cccc1[N+](=O)[O-]. The van der Waals surface area contributed by atoms with Crippen LogP contribution >= 0.6 is 23.8 Å². The standard InChI is InChI=1S/C14H11ClFN3O2S/c1-8-12(3-2-4-13(8)19(20)21)18-14(22)17-9-5-6-11(16)10(15)7-9/h2-7H,1H3,(H2,17,18,22). The Balaban J connectivity index is 2.14. The van der Waals surface area contributed by atoms with Gasteiger partial charge in [-0.2, -0.15) is 0 Å². The van der Waals surface area contributed by atoms with Crippen LogP contribution in [0.4, 0.5) is 21.5 Å². The van der Waals surface area contributed by atoms with Crippen molar-refractivity contribution in [1.29, 1.82) is 0 Å². The highest BCUT2D eigenvalue weighted by Gasteiger charge is 2.13. The molecule has 0 unspecified atom stereocenters. The minimum absolute atomic E-state index is 0.00220. The average Bonchev–Trinajstić information content (AvgIpc) is 2.45. The Morgan fingerprint density at radius 2 is 2.05 bits per heavy atom. The number of nitro groups is 1. The molecule has 5 nitrogen and oxygen atoms in total. The Hall–Kier alpha value is -2.25. The summed E-state index contributed by atoms with van der Waals surface area (Å²) in [6.07, 6.45) is 0. The summed E-state index contributed by atoms with van der Waals surface area (Å²) in [5.41, 5.74) is 1.48. The van der Waals surface area contributed by atoms with Crippen LogP contribution in [-0.2, 0) is 0 Å². The topological polar surface area (TPSA) is 67.2 Å². The monoisotopic (exact) mass is 339 g/mol. The van der Waals surface area contributed by atoms with Crippen molar-refractivity contribution in [3.8, 4) is 0 Å². The van der Waals surface area contributed by atoms with E-state index in [4.69, 9.17) is 23.8 Å². The smallest absolute Gasteiger partial charge is 0.274 e. The second-order valence-corrected chi connectivity index (χ2v) is 5.23. The van der Waals surface area contributed by atoms with Gasteiger partial charge in [-0.3, -0.25) is 10.1 Å². The summed E-state index contributed by atoms with van der Waals surface area (Å²) in [4.78, 5) is 10.4. The molecule has 2 N–H and O–H groups in total. The summed E-state index contributed by atoms with van der Waals surface area (Å²) in [5, 5.41) is 16.8. The Morgan fingerprint density at radius 3 is 2.68 bits per heavy atom. The third kappa shape index (κ3) is 3.69. The van der Waals surface area contributed by atoms with Crippen LogP contribution in [0.5, 0.6) is 0 Å². The van der Waals surface area contributed by atoms with Gasteiger partial charge in [0.1, 0.15) is 5.82 Å². The zero-order valence-corrected chi connectivity index (χ0v) is 13.0. The van der Waals surface area contributed by atoms with Crippen LogP contribution in [0.2, 0.25) is 5.02 Å². The van der Waals surface area contributed by atoms with E-state index in [1.165, 1.54) is 24.3 Å². The second kappa shape index (κ2) is 6.67. The van der Waals surface area contributed by atoms with Crippen molar-refractivity contribution in [1.82, 2.24) is 0 Å². The van der Waals surface area contributed by atoms with Crippen molar-refractivity contribution < 1.29 is 9.31 Å². The van der Waals surface area contributed by atoms with Gasteiger partial charge in [-0.1, -0.05) is 17.7 Å². The van der Waals surface area contributed by atoms with Gasteiger partial charge in [0.2, 0.25) is 0 Å². The van der Waals surface area contributed by atoms with E-state index in [9.17, 15) is 14.5 Å². The lowest BCUT2D eigenvalue weighted by molar-refractivity contribution is -0.385. The number of benzene rings is 2. The van der Waals surface area contributed by atoms with Crippen LogP contribution in [0.3, 0.4) is 0 Å². The van der Waals surface area contributed by atoms with Gasteiger partial charge in [0, 0.05) is 11.8 Å². The lowest BCUT2D eigenvalue weighted by atomic mass is 10.1. The first kappa shape index (κ1) is 16.1. The summed E-state index contributed by atoms with van der Waals surface area (Å²) in [6, 6.07) is 8.74. The molecule has 0 aliphatic carbocycles. The highest BCUT2D eigenvalue weighted by molar-refractivity contribution is 7.80. The van der Waals surface area contributed by atoms with E-state index in [2.05, 4.69) is 10.6 Å². The Morgan fingerprint density at radius 1 is 1.32 bits per heavy atom. The summed E-state index contributed by atoms with van der Waals surface area (Å²) in [7, 11) is 0. The van der Waals surface area contributed by atoms with E-state index in [0.717, 1.165) is 0 Å². The van der Waals surface area contributed by atoms with Crippen molar-refractivity contribution in [2.45, 2.75) is 6.92 Å². The second-order valence-electron chi connectivity index (χ2n) is 4.41. The molecule has 0 amide bonds. The predicted octanol–water partition coefficient (Wildman–Crippen LogP) is 4.50. The Bertz CT molecular complexity index is 755. The first-order chi connectivity index (χ1) is 10.4. The maximum Gasteiger partial charge on any atom is 0.274 e. The van der Waals surface area contributed by atoms with E-state index >= 15 is 0 Å². The number of nitro benzene ring substituents is 1. The fraction of sp³-hybridized carbons (Fsp3) is 0.0714. The first-order valence-corrected chi connectivity index (χ1v) is 6.94. The van der Waals surface area contributed by atoms with Crippen molar-refractivity contribution in [3.05, 3.63) is 62.9 Å². The van der Waals surface area contributed by atoms with Crippen LogP contribution in [0.15, 0.2) is 36.4 Å². The lowest BCUT2D eigenvalue weighted by Crippen LogP contribution is -2.19. The Kier molecular flexibility index (Phi) is 4.89. The summed E-state index contributed by atoms with van der Waals surface area (Å²) in [6.45, 7) is 1.62. The molecule has 2 rings (SSSR count). The van der Waals surface area contributed by atoms with Crippen molar-refractivity contribution in [3.63, 3.8) is 0 Å². The molecule has 0 atom stereocenters. The third-order valence-electron chi connectivity index (χ3n) is 2.93. The number of hydrogen-bond acceptors (Lipinski definition) is 3. The first-order valence-electron chi connectivity index (χ1n) is 6.15. The molecule has 0 aliphatic rings. The largest absolute Gasteiger partial charge is 0.332 e. The molecule has 114 valence electrons. The van der Waals surface area contributed by atoms with E-state index in [1.54, 1.807) is 19.1 Å². The van der Waals surface area contributed by atoms with E-state index in [0.29, 0.717) is 16.9 Å². The third-order valence-corrected chi connectivity index (χ3v) is 3.42. The number of halogens is 2. The quantitative estimate of drug-likeness (QED) is 0.489. The molecule has 0 saturated heterocycles. The molecular formula is C14H11ClFN3O2S. The zero-order chi connectivity index (χ0) is 16.3. The average molecular weight is 340 g/mol. The number of nitrogens with zero attached hydrogens (tertiary/aromatic N) is 1. The number of thiocarbonyl (C=S) groups is 1. The minimum Gasteiger partial charge on any atom is -0.332 e. The molecule has 0 radical (unpaired) electrons. The van der Waals surface area contributed by atoms with Gasteiger partial charge < -0.3 is 10.6 Å². The minimum atomic E-state index is -0.527. The molecule has 0 heterocycles. The molecule has 22 heavy (non-hydrogen) atoms. The van der Waals surface area contributed by atoms with Gasteiger partial charge in [0.05, 0.1) is 21.2 Å². The molecule has 0 fully saturated rings. The van der Waals surface area contributed by atoms with Crippen molar-refractivity contribution in [2.24, 2.45) is 0 Å².